The lowest BCUT2D eigenvalue weighted by atomic mass is 10.0. The molecule has 1 aromatic rings. The van der Waals surface area contributed by atoms with Gasteiger partial charge in [-0.2, -0.15) is 0 Å². The number of hydrogen-bond donors (Lipinski definition) is 0. The topological polar surface area (TPSA) is 30.2 Å². The van der Waals surface area contributed by atoms with Crippen LogP contribution in [-0.2, 0) is 0 Å². The first-order valence-electron chi connectivity index (χ1n) is 4.88. The number of furan rings is 1. The highest BCUT2D eigenvalue weighted by Gasteiger charge is 2.25. The summed E-state index contributed by atoms with van der Waals surface area (Å²) in [7, 11) is 0. The summed E-state index contributed by atoms with van der Waals surface area (Å²) in [4.78, 5) is 11.8. The maximum atomic E-state index is 11.8. The van der Waals surface area contributed by atoms with E-state index in [1.165, 1.54) is 12.8 Å². The zero-order valence-corrected chi connectivity index (χ0v) is 7.88. The Morgan fingerprint density at radius 3 is 2.62 bits per heavy atom. The maximum Gasteiger partial charge on any atom is 0.201 e. The lowest BCUT2D eigenvalue weighted by Gasteiger charge is -2.03. The Bertz CT molecular complexity index is 306. The zero-order valence-electron chi connectivity index (χ0n) is 7.88. The Balaban J connectivity index is 2.12. The fraction of sp³-hybridized carbons (Fsp3) is 0.545. The third-order valence-corrected chi connectivity index (χ3v) is 2.71. The first-order chi connectivity index (χ1) is 6.27. The van der Waals surface area contributed by atoms with Crippen LogP contribution < -0.4 is 0 Å². The number of ketones is 1. The van der Waals surface area contributed by atoms with Gasteiger partial charge in [0.2, 0.25) is 5.78 Å². The van der Waals surface area contributed by atoms with Crippen molar-refractivity contribution in [2.75, 3.05) is 0 Å². The van der Waals surface area contributed by atoms with Gasteiger partial charge in [-0.3, -0.25) is 4.79 Å². The Kier molecular flexibility index (Phi) is 2.21. The summed E-state index contributed by atoms with van der Waals surface area (Å²) in [5.74, 6) is 1.79. The largest absolute Gasteiger partial charge is 0.458 e. The summed E-state index contributed by atoms with van der Waals surface area (Å²) in [5, 5.41) is 0. The molecule has 1 fully saturated rings. The van der Waals surface area contributed by atoms with Crippen molar-refractivity contribution >= 4 is 5.78 Å². The molecule has 0 saturated heterocycles. The van der Waals surface area contributed by atoms with E-state index < -0.39 is 0 Å². The molecule has 1 aromatic heterocycles. The third-order valence-electron chi connectivity index (χ3n) is 2.71. The van der Waals surface area contributed by atoms with Gasteiger partial charge in [0.25, 0.3) is 0 Å². The second kappa shape index (κ2) is 3.36. The van der Waals surface area contributed by atoms with Crippen molar-refractivity contribution in [3.63, 3.8) is 0 Å². The van der Waals surface area contributed by atoms with E-state index >= 15 is 0 Å². The predicted molar refractivity (Wildman–Crippen MR) is 49.7 cm³/mol. The fourth-order valence-corrected chi connectivity index (χ4v) is 1.96. The van der Waals surface area contributed by atoms with E-state index in [0.717, 1.165) is 18.6 Å². The smallest absolute Gasteiger partial charge is 0.201 e. The molecule has 0 aliphatic heterocycles. The van der Waals surface area contributed by atoms with E-state index in [0.29, 0.717) is 5.76 Å². The summed E-state index contributed by atoms with van der Waals surface area (Å²) >= 11 is 0. The monoisotopic (exact) mass is 178 g/mol. The Hall–Kier alpha value is -1.05. The molecule has 0 bridgehead atoms. The summed E-state index contributed by atoms with van der Waals surface area (Å²) in [5.41, 5.74) is 0. The molecule has 0 atom stereocenters. The van der Waals surface area contributed by atoms with E-state index in [9.17, 15) is 4.79 Å². The van der Waals surface area contributed by atoms with E-state index in [2.05, 4.69) is 0 Å². The standard InChI is InChI=1S/C11H14O2/c1-8-6-7-10(13-8)11(12)9-4-2-3-5-9/h6-7,9H,2-5H2,1H3. The second-order valence-electron chi connectivity index (χ2n) is 3.76. The number of hydrogen-bond acceptors (Lipinski definition) is 2. The molecule has 1 aliphatic rings. The highest BCUT2D eigenvalue weighted by atomic mass is 16.3. The quantitative estimate of drug-likeness (QED) is 0.652. The number of aryl methyl sites for hydroxylation is 1. The van der Waals surface area contributed by atoms with Gasteiger partial charge >= 0.3 is 0 Å². The highest BCUT2D eigenvalue weighted by molar-refractivity contribution is 5.95. The van der Waals surface area contributed by atoms with Gasteiger partial charge in [0.15, 0.2) is 5.76 Å². The molecule has 2 rings (SSSR count). The molecule has 0 unspecified atom stereocenters. The predicted octanol–water partition coefficient (Wildman–Crippen LogP) is 2.96. The molecule has 0 amide bonds. The van der Waals surface area contributed by atoms with Crippen molar-refractivity contribution in [1.29, 1.82) is 0 Å². The van der Waals surface area contributed by atoms with Gasteiger partial charge in [-0.1, -0.05) is 12.8 Å². The van der Waals surface area contributed by atoms with Crippen LogP contribution >= 0.6 is 0 Å². The van der Waals surface area contributed by atoms with E-state index in [1.807, 2.05) is 13.0 Å². The first kappa shape index (κ1) is 8.54. The summed E-state index contributed by atoms with van der Waals surface area (Å²) in [6, 6.07) is 3.64. The van der Waals surface area contributed by atoms with Crippen molar-refractivity contribution in [2.24, 2.45) is 5.92 Å². The lowest BCUT2D eigenvalue weighted by Crippen LogP contribution is -2.09. The number of Topliss-reactive ketones (excluding diaryl/α,β-unsaturated/α-hetero) is 1. The minimum atomic E-state index is 0.200. The second-order valence-corrected chi connectivity index (χ2v) is 3.76. The minimum absolute atomic E-state index is 0.200. The van der Waals surface area contributed by atoms with Gasteiger partial charge in [-0.15, -0.1) is 0 Å². The van der Waals surface area contributed by atoms with Gasteiger partial charge < -0.3 is 4.42 Å². The normalized spacial score (nSPS) is 17.9. The highest BCUT2D eigenvalue weighted by Crippen LogP contribution is 2.28. The maximum absolute atomic E-state index is 11.8. The van der Waals surface area contributed by atoms with Crippen LogP contribution in [0.3, 0.4) is 0 Å². The lowest BCUT2D eigenvalue weighted by molar-refractivity contribution is 0.0893. The summed E-state index contributed by atoms with van der Waals surface area (Å²) < 4.78 is 5.31. The van der Waals surface area contributed by atoms with E-state index in [-0.39, 0.29) is 11.7 Å². The van der Waals surface area contributed by atoms with Gasteiger partial charge in [-0.05, 0) is 31.9 Å². The van der Waals surface area contributed by atoms with Crippen molar-refractivity contribution in [3.8, 4) is 0 Å². The summed E-state index contributed by atoms with van der Waals surface area (Å²) in [6.45, 7) is 1.87. The number of carbonyl (C=O) groups excluding carboxylic acids is 1. The molecule has 1 saturated carbocycles. The van der Waals surface area contributed by atoms with Crippen LogP contribution in [0.25, 0.3) is 0 Å². The zero-order chi connectivity index (χ0) is 9.26. The van der Waals surface area contributed by atoms with Crippen LogP contribution in [0.4, 0.5) is 0 Å². The molecule has 2 nitrogen and oxygen atoms in total. The first-order valence-corrected chi connectivity index (χ1v) is 4.88. The van der Waals surface area contributed by atoms with Gasteiger partial charge in [0.05, 0.1) is 0 Å². The Morgan fingerprint density at radius 2 is 2.08 bits per heavy atom. The van der Waals surface area contributed by atoms with E-state index in [4.69, 9.17) is 4.42 Å². The number of carbonyl (C=O) groups is 1. The van der Waals surface area contributed by atoms with Crippen LogP contribution in [0.15, 0.2) is 16.5 Å². The molecule has 13 heavy (non-hydrogen) atoms. The minimum Gasteiger partial charge on any atom is -0.458 e. The van der Waals surface area contributed by atoms with Crippen LogP contribution in [0.1, 0.15) is 42.0 Å². The van der Waals surface area contributed by atoms with Gasteiger partial charge in [0.1, 0.15) is 5.76 Å². The Morgan fingerprint density at radius 1 is 1.38 bits per heavy atom. The van der Waals surface area contributed by atoms with Crippen molar-refractivity contribution in [2.45, 2.75) is 32.6 Å². The third kappa shape index (κ3) is 1.67. The van der Waals surface area contributed by atoms with Crippen LogP contribution in [0, 0.1) is 12.8 Å². The van der Waals surface area contributed by atoms with E-state index in [1.54, 1.807) is 6.07 Å². The molecule has 1 aliphatic carbocycles. The molecule has 1 heterocycles. The van der Waals surface area contributed by atoms with Crippen LogP contribution in [0.2, 0.25) is 0 Å². The molecular formula is C11H14O2. The Labute approximate surface area is 77.9 Å². The fourth-order valence-electron chi connectivity index (χ4n) is 1.96. The molecule has 0 spiro atoms. The van der Waals surface area contributed by atoms with Crippen molar-refractivity contribution in [3.05, 3.63) is 23.7 Å². The summed E-state index contributed by atoms with van der Waals surface area (Å²) in [6.07, 6.45) is 4.46. The molecular weight excluding hydrogens is 164 g/mol. The SMILES string of the molecule is Cc1ccc(C(=O)C2CCCC2)o1. The molecule has 70 valence electrons. The molecule has 0 N–H and O–H groups in total. The van der Waals surface area contributed by atoms with Crippen molar-refractivity contribution < 1.29 is 9.21 Å². The average Bonchev–Trinajstić information content (AvgIpc) is 2.72. The number of rotatable bonds is 2. The molecule has 0 aromatic carbocycles. The van der Waals surface area contributed by atoms with Crippen molar-refractivity contribution in [1.82, 2.24) is 0 Å². The molecule has 0 radical (unpaired) electrons. The van der Waals surface area contributed by atoms with Crippen LogP contribution in [0.5, 0.6) is 0 Å². The molecule has 2 heteroatoms. The van der Waals surface area contributed by atoms with Crippen LogP contribution in [-0.4, -0.2) is 5.78 Å². The van der Waals surface area contributed by atoms with Gasteiger partial charge in [-0.25, -0.2) is 0 Å². The average molecular weight is 178 g/mol. The van der Waals surface area contributed by atoms with Gasteiger partial charge in [0, 0.05) is 5.92 Å².